The van der Waals surface area contributed by atoms with Crippen molar-refractivity contribution in [3.8, 4) is 5.75 Å². The van der Waals surface area contributed by atoms with E-state index in [9.17, 15) is 0 Å². The third-order valence-electron chi connectivity index (χ3n) is 4.29. The van der Waals surface area contributed by atoms with Crippen LogP contribution in [0.2, 0.25) is 5.02 Å². The van der Waals surface area contributed by atoms with Crippen molar-refractivity contribution in [1.82, 2.24) is 4.90 Å². The predicted molar refractivity (Wildman–Crippen MR) is 89.4 cm³/mol. The highest BCUT2D eigenvalue weighted by molar-refractivity contribution is 6.30. The largest absolute Gasteiger partial charge is 0.493 e. The molecule has 0 aromatic heterocycles. The molecule has 1 heterocycles. The average Bonchev–Trinajstić information content (AvgIpc) is 3.16. The van der Waals surface area contributed by atoms with Crippen molar-refractivity contribution in [3.05, 3.63) is 28.8 Å². The molecule has 21 heavy (non-hydrogen) atoms. The summed E-state index contributed by atoms with van der Waals surface area (Å²) in [5, 5.41) is 0.786. The lowest BCUT2D eigenvalue weighted by molar-refractivity contribution is 0.279. The predicted octanol–water partition coefficient (Wildman–Crippen LogP) is 3.33. The Kier molecular flexibility index (Phi) is 6.18. The Morgan fingerprint density at radius 2 is 2.05 bits per heavy atom. The number of benzene rings is 1. The number of hydrogen-bond acceptors (Lipinski definition) is 3. The summed E-state index contributed by atoms with van der Waals surface area (Å²) in [5.41, 5.74) is 6.96. The molecule has 2 N–H and O–H groups in total. The molecule has 5 heteroatoms. The van der Waals surface area contributed by atoms with Gasteiger partial charge in [-0.25, -0.2) is 0 Å². The van der Waals surface area contributed by atoms with E-state index in [4.69, 9.17) is 22.1 Å². The molecule has 0 spiro atoms. The summed E-state index contributed by atoms with van der Waals surface area (Å²) in [6, 6.07) is 5.97. The van der Waals surface area contributed by atoms with E-state index in [1.165, 1.54) is 24.8 Å². The molecule has 3 nitrogen and oxygen atoms in total. The van der Waals surface area contributed by atoms with E-state index in [1.54, 1.807) is 0 Å². The summed E-state index contributed by atoms with van der Waals surface area (Å²) in [7, 11) is 0. The summed E-state index contributed by atoms with van der Waals surface area (Å²) >= 11 is 6.14. The van der Waals surface area contributed by atoms with E-state index >= 15 is 0 Å². The van der Waals surface area contributed by atoms with Crippen LogP contribution in [-0.2, 0) is 6.54 Å². The van der Waals surface area contributed by atoms with Crippen LogP contribution in [0, 0.1) is 11.8 Å². The zero-order chi connectivity index (χ0) is 13.9. The van der Waals surface area contributed by atoms with Gasteiger partial charge in [-0.15, -0.1) is 12.4 Å². The van der Waals surface area contributed by atoms with Crippen molar-refractivity contribution in [2.75, 3.05) is 26.2 Å². The average molecular weight is 331 g/mol. The smallest absolute Gasteiger partial charge is 0.123 e. The quantitative estimate of drug-likeness (QED) is 0.869. The van der Waals surface area contributed by atoms with E-state index in [0.717, 1.165) is 49.5 Å². The summed E-state index contributed by atoms with van der Waals surface area (Å²) in [5.74, 6) is 2.41. The number of hydrogen-bond donors (Lipinski definition) is 1. The third-order valence-corrected chi connectivity index (χ3v) is 4.53. The van der Waals surface area contributed by atoms with E-state index < -0.39 is 0 Å². The van der Waals surface area contributed by atoms with Gasteiger partial charge in [-0.1, -0.05) is 11.6 Å². The molecular weight excluding hydrogens is 307 g/mol. The second kappa shape index (κ2) is 7.68. The van der Waals surface area contributed by atoms with Crippen LogP contribution in [0.3, 0.4) is 0 Å². The zero-order valence-corrected chi connectivity index (χ0v) is 13.8. The summed E-state index contributed by atoms with van der Waals surface area (Å²) < 4.78 is 5.97. The van der Waals surface area contributed by atoms with Crippen LogP contribution in [0.15, 0.2) is 18.2 Å². The molecule has 2 fully saturated rings. The van der Waals surface area contributed by atoms with Gasteiger partial charge in [0.05, 0.1) is 6.61 Å². The normalized spacial score (nSPS) is 22.1. The van der Waals surface area contributed by atoms with Crippen LogP contribution < -0.4 is 10.5 Å². The molecule has 3 rings (SSSR count). The minimum Gasteiger partial charge on any atom is -0.493 e. The Hall–Kier alpha value is -0.480. The van der Waals surface area contributed by atoms with Crippen LogP contribution in [0.25, 0.3) is 0 Å². The second-order valence-corrected chi connectivity index (χ2v) is 6.57. The van der Waals surface area contributed by atoms with Gasteiger partial charge in [0.15, 0.2) is 0 Å². The first-order valence-corrected chi connectivity index (χ1v) is 7.96. The van der Waals surface area contributed by atoms with E-state index in [0.29, 0.717) is 5.92 Å². The molecule has 0 radical (unpaired) electrons. The van der Waals surface area contributed by atoms with Crippen molar-refractivity contribution in [2.24, 2.45) is 17.6 Å². The topological polar surface area (TPSA) is 38.5 Å². The molecule has 1 aromatic carbocycles. The second-order valence-electron chi connectivity index (χ2n) is 6.13. The van der Waals surface area contributed by atoms with Gasteiger partial charge in [0, 0.05) is 23.7 Å². The van der Waals surface area contributed by atoms with Crippen molar-refractivity contribution >= 4 is 24.0 Å². The van der Waals surface area contributed by atoms with Crippen molar-refractivity contribution in [2.45, 2.75) is 25.8 Å². The minimum atomic E-state index is 0. The number of nitrogens with two attached hydrogens (primary N) is 1. The summed E-state index contributed by atoms with van der Waals surface area (Å²) in [6.07, 6.45) is 3.83. The third kappa shape index (κ3) is 4.75. The Morgan fingerprint density at radius 3 is 2.71 bits per heavy atom. The van der Waals surface area contributed by atoms with Gasteiger partial charge in [0.1, 0.15) is 5.75 Å². The molecule has 1 aliphatic heterocycles. The Labute approximate surface area is 138 Å². The minimum absolute atomic E-state index is 0. The monoisotopic (exact) mass is 330 g/mol. The zero-order valence-electron chi connectivity index (χ0n) is 12.3. The maximum atomic E-state index is 6.14. The highest BCUT2D eigenvalue weighted by Crippen LogP contribution is 2.32. The summed E-state index contributed by atoms with van der Waals surface area (Å²) in [4.78, 5) is 2.45. The molecular formula is C16H24Cl2N2O. The Bertz CT molecular complexity index is 466. The van der Waals surface area contributed by atoms with Gasteiger partial charge < -0.3 is 10.5 Å². The van der Waals surface area contributed by atoms with Gasteiger partial charge in [-0.2, -0.15) is 0 Å². The fraction of sp³-hybridized carbons (Fsp3) is 0.625. The molecule has 1 aliphatic carbocycles. The number of halogens is 2. The van der Waals surface area contributed by atoms with Crippen LogP contribution in [0.4, 0.5) is 0 Å². The first-order valence-electron chi connectivity index (χ1n) is 7.58. The molecule has 2 aliphatic rings. The van der Waals surface area contributed by atoms with E-state index in [1.807, 2.05) is 18.2 Å². The molecule has 0 bridgehead atoms. The highest BCUT2D eigenvalue weighted by atomic mass is 35.5. The van der Waals surface area contributed by atoms with Crippen molar-refractivity contribution < 1.29 is 4.74 Å². The lowest BCUT2D eigenvalue weighted by atomic mass is 10.1. The van der Waals surface area contributed by atoms with Gasteiger partial charge in [0.2, 0.25) is 0 Å². The number of nitrogens with zero attached hydrogens (tertiary/aromatic N) is 1. The van der Waals surface area contributed by atoms with Crippen molar-refractivity contribution in [3.63, 3.8) is 0 Å². The molecule has 1 saturated heterocycles. The maximum Gasteiger partial charge on any atom is 0.123 e. The SMILES string of the molecule is Cl.NC[C@@H]1CCN(Cc2cc(Cl)ccc2OCC2CC2)C1. The molecule has 1 saturated carbocycles. The number of ether oxygens (including phenoxy) is 1. The van der Waals surface area contributed by atoms with Gasteiger partial charge >= 0.3 is 0 Å². The lowest BCUT2D eigenvalue weighted by Gasteiger charge is -2.19. The summed E-state index contributed by atoms with van der Waals surface area (Å²) in [6.45, 7) is 4.76. The maximum absolute atomic E-state index is 6.14. The molecule has 0 unspecified atom stereocenters. The molecule has 1 aromatic rings. The Morgan fingerprint density at radius 1 is 1.24 bits per heavy atom. The molecule has 0 amide bonds. The van der Waals surface area contributed by atoms with Gasteiger partial charge in [-0.3, -0.25) is 4.90 Å². The van der Waals surface area contributed by atoms with Crippen molar-refractivity contribution in [1.29, 1.82) is 0 Å². The van der Waals surface area contributed by atoms with E-state index in [2.05, 4.69) is 4.90 Å². The van der Waals surface area contributed by atoms with Crippen LogP contribution in [0.1, 0.15) is 24.8 Å². The standard InChI is InChI=1S/C16H23ClN2O.ClH/c17-15-3-4-16(20-11-12-1-2-12)14(7-15)10-19-6-5-13(8-18)9-19;/h3-4,7,12-13H,1-2,5-6,8-11,18H2;1H/t13-;/m0./s1. The first-order chi connectivity index (χ1) is 9.74. The number of rotatable bonds is 6. The lowest BCUT2D eigenvalue weighted by Crippen LogP contribution is -2.23. The molecule has 118 valence electrons. The highest BCUT2D eigenvalue weighted by Gasteiger charge is 2.24. The first kappa shape index (κ1) is 16.9. The Balaban J connectivity index is 0.00000161. The van der Waals surface area contributed by atoms with Crippen LogP contribution in [-0.4, -0.2) is 31.1 Å². The number of likely N-dealkylation sites (tertiary alicyclic amines) is 1. The van der Waals surface area contributed by atoms with E-state index in [-0.39, 0.29) is 12.4 Å². The van der Waals surface area contributed by atoms with Gasteiger partial charge in [-0.05, 0) is 62.4 Å². The van der Waals surface area contributed by atoms with Crippen LogP contribution >= 0.6 is 24.0 Å². The van der Waals surface area contributed by atoms with Gasteiger partial charge in [0.25, 0.3) is 0 Å². The fourth-order valence-electron chi connectivity index (χ4n) is 2.79. The van der Waals surface area contributed by atoms with Crippen LogP contribution in [0.5, 0.6) is 5.75 Å². The fourth-order valence-corrected chi connectivity index (χ4v) is 2.99. The molecule has 1 atom stereocenters.